The molecule has 7 heteroatoms. The number of nitrogens with one attached hydrogen (secondary N) is 1. The summed E-state index contributed by atoms with van der Waals surface area (Å²) in [5.74, 6) is -0.105. The van der Waals surface area contributed by atoms with Gasteiger partial charge >= 0.3 is 0 Å². The van der Waals surface area contributed by atoms with E-state index < -0.39 is 0 Å². The van der Waals surface area contributed by atoms with Crippen LogP contribution in [0.1, 0.15) is 18.2 Å². The van der Waals surface area contributed by atoms with Crippen LogP contribution in [0.25, 0.3) is 16.3 Å². The number of para-hydroxylation sites is 1. The second kappa shape index (κ2) is 5.03. The van der Waals surface area contributed by atoms with Crippen LogP contribution in [-0.2, 0) is 11.2 Å². The van der Waals surface area contributed by atoms with Crippen molar-refractivity contribution in [3.05, 3.63) is 46.2 Å². The molecule has 0 aliphatic heterocycles. The molecule has 0 atom stereocenters. The van der Waals surface area contributed by atoms with Crippen LogP contribution >= 0.6 is 27.3 Å². The Kier molecular flexibility index (Phi) is 3.12. The average Bonchev–Trinajstić information content (AvgIpc) is 3.09. The summed E-state index contributed by atoms with van der Waals surface area (Å²) in [5, 5.41) is 7.92. The first kappa shape index (κ1) is 13.7. The number of benzene rings is 1. The zero-order valence-electron chi connectivity index (χ0n) is 11.6. The van der Waals surface area contributed by atoms with Crippen molar-refractivity contribution < 1.29 is 4.79 Å². The zero-order valence-corrected chi connectivity index (χ0v) is 14.0. The lowest BCUT2D eigenvalue weighted by Gasteiger charge is -2.07. The summed E-state index contributed by atoms with van der Waals surface area (Å²) >= 11 is 5.07. The summed E-state index contributed by atoms with van der Waals surface area (Å²) in [7, 11) is 0. The minimum atomic E-state index is -0.105. The molecule has 1 N–H and O–H groups in total. The van der Waals surface area contributed by atoms with E-state index in [0.717, 1.165) is 32.8 Å². The Hall–Kier alpha value is -1.99. The van der Waals surface area contributed by atoms with E-state index in [-0.39, 0.29) is 5.91 Å². The molecule has 0 spiro atoms. The highest BCUT2D eigenvalue weighted by molar-refractivity contribution is 9.10. The topological polar surface area (TPSA) is 59.8 Å². The summed E-state index contributed by atoms with van der Waals surface area (Å²) in [5.41, 5.74) is 4.22. The molecule has 0 radical (unpaired) electrons. The van der Waals surface area contributed by atoms with E-state index in [9.17, 15) is 4.79 Å². The first-order chi connectivity index (χ1) is 10.6. The van der Waals surface area contributed by atoms with Crippen LogP contribution in [0.15, 0.2) is 34.9 Å². The molecule has 1 aromatic carbocycles. The number of rotatable bonds is 2. The number of carbonyl (C=O) groups excluding carboxylic acids is 1. The number of fused-ring (bicyclic) bond motifs is 3. The Labute approximate surface area is 139 Å². The van der Waals surface area contributed by atoms with Crippen molar-refractivity contribution in [1.82, 2.24) is 14.8 Å². The van der Waals surface area contributed by atoms with Crippen LogP contribution in [0.4, 0.5) is 5.13 Å². The Morgan fingerprint density at radius 2 is 2.23 bits per heavy atom. The van der Waals surface area contributed by atoms with Crippen LogP contribution in [-0.4, -0.2) is 20.7 Å². The zero-order chi connectivity index (χ0) is 15.3. The van der Waals surface area contributed by atoms with Gasteiger partial charge in [-0.15, -0.1) is 0 Å². The van der Waals surface area contributed by atoms with Gasteiger partial charge in [-0.25, -0.2) is 9.67 Å². The molecule has 5 nitrogen and oxygen atoms in total. The van der Waals surface area contributed by atoms with E-state index in [2.05, 4.69) is 31.3 Å². The van der Waals surface area contributed by atoms with Crippen molar-refractivity contribution in [3.8, 4) is 16.3 Å². The van der Waals surface area contributed by atoms with Crippen LogP contribution in [0.2, 0.25) is 0 Å². The van der Waals surface area contributed by atoms with Crippen molar-refractivity contribution in [3.63, 3.8) is 0 Å². The molecule has 22 heavy (non-hydrogen) atoms. The highest BCUT2D eigenvalue weighted by Gasteiger charge is 2.28. The van der Waals surface area contributed by atoms with E-state index in [1.165, 1.54) is 23.8 Å². The number of hydrogen-bond acceptors (Lipinski definition) is 4. The van der Waals surface area contributed by atoms with Gasteiger partial charge in [-0.2, -0.15) is 5.10 Å². The maximum Gasteiger partial charge on any atom is 0.223 e. The highest BCUT2D eigenvalue weighted by atomic mass is 79.9. The molecule has 4 rings (SSSR count). The van der Waals surface area contributed by atoms with Gasteiger partial charge in [0.1, 0.15) is 0 Å². The number of halogens is 1. The van der Waals surface area contributed by atoms with Crippen LogP contribution in [0.5, 0.6) is 0 Å². The smallest absolute Gasteiger partial charge is 0.223 e. The summed E-state index contributed by atoms with van der Waals surface area (Å²) in [6, 6.07) is 7.98. The molecule has 1 aliphatic carbocycles. The number of nitrogens with zero attached hydrogens (tertiary/aromatic N) is 3. The number of anilines is 1. The highest BCUT2D eigenvalue weighted by Crippen LogP contribution is 2.43. The molecule has 1 amide bonds. The molecule has 3 aromatic rings. The molecule has 0 bridgehead atoms. The van der Waals surface area contributed by atoms with Gasteiger partial charge in [0.15, 0.2) is 5.13 Å². The number of thiazole rings is 1. The van der Waals surface area contributed by atoms with Crippen LogP contribution in [0, 0.1) is 0 Å². The third-order valence-electron chi connectivity index (χ3n) is 3.48. The molecule has 2 aromatic heterocycles. The SMILES string of the molecule is CC(=O)Nc1nc2c(s1)-c1c(cnn1-c1ccccc1Br)C2. The van der Waals surface area contributed by atoms with Gasteiger partial charge < -0.3 is 5.32 Å². The fraction of sp³-hybridized carbons (Fsp3) is 0.133. The molecule has 110 valence electrons. The van der Waals surface area contributed by atoms with Crippen molar-refractivity contribution >= 4 is 38.3 Å². The van der Waals surface area contributed by atoms with Crippen LogP contribution in [0.3, 0.4) is 0 Å². The largest absolute Gasteiger partial charge is 0.302 e. The molecular weight excluding hydrogens is 364 g/mol. The Morgan fingerprint density at radius 1 is 1.41 bits per heavy atom. The fourth-order valence-electron chi connectivity index (χ4n) is 2.60. The third-order valence-corrected chi connectivity index (χ3v) is 5.17. The van der Waals surface area contributed by atoms with Crippen molar-refractivity contribution in [2.75, 3.05) is 5.32 Å². The lowest BCUT2D eigenvalue weighted by Crippen LogP contribution is -2.05. The van der Waals surface area contributed by atoms with Gasteiger partial charge in [-0.3, -0.25) is 4.79 Å². The summed E-state index contributed by atoms with van der Waals surface area (Å²) in [6.07, 6.45) is 2.65. The quantitative estimate of drug-likeness (QED) is 0.582. The standard InChI is InChI=1S/C15H11BrN4OS/c1-8(21)18-15-19-11-6-9-7-17-20(13(9)14(11)22-15)12-5-3-2-4-10(12)16/h2-5,7H,6H2,1H3,(H,18,19,21). The van der Waals surface area contributed by atoms with Crippen molar-refractivity contribution in [1.29, 1.82) is 0 Å². The molecule has 2 heterocycles. The second-order valence-electron chi connectivity index (χ2n) is 5.03. The molecule has 0 unspecified atom stereocenters. The normalized spacial score (nSPS) is 12.1. The molecule has 0 saturated carbocycles. The Morgan fingerprint density at radius 3 is 3.00 bits per heavy atom. The molecular formula is C15H11BrN4OS. The van der Waals surface area contributed by atoms with Crippen molar-refractivity contribution in [2.24, 2.45) is 0 Å². The van der Waals surface area contributed by atoms with E-state index in [1.807, 2.05) is 35.1 Å². The minimum absolute atomic E-state index is 0.105. The van der Waals surface area contributed by atoms with Gasteiger partial charge in [0.25, 0.3) is 0 Å². The number of hydrogen-bond donors (Lipinski definition) is 1. The predicted molar refractivity (Wildman–Crippen MR) is 89.5 cm³/mol. The average molecular weight is 375 g/mol. The van der Waals surface area contributed by atoms with E-state index in [0.29, 0.717) is 5.13 Å². The Bertz CT molecular complexity index is 899. The van der Waals surface area contributed by atoms with Gasteiger partial charge in [-0.05, 0) is 28.1 Å². The lowest BCUT2D eigenvalue weighted by molar-refractivity contribution is -0.114. The summed E-state index contributed by atoms with van der Waals surface area (Å²) in [6.45, 7) is 1.49. The van der Waals surface area contributed by atoms with Gasteiger partial charge in [0, 0.05) is 23.4 Å². The van der Waals surface area contributed by atoms with Crippen molar-refractivity contribution in [2.45, 2.75) is 13.3 Å². The second-order valence-corrected chi connectivity index (χ2v) is 6.89. The van der Waals surface area contributed by atoms with E-state index in [1.54, 1.807) is 0 Å². The van der Waals surface area contributed by atoms with Gasteiger partial charge in [0.05, 0.1) is 28.1 Å². The first-order valence-electron chi connectivity index (χ1n) is 6.73. The first-order valence-corrected chi connectivity index (χ1v) is 8.34. The van der Waals surface area contributed by atoms with Gasteiger partial charge in [-0.1, -0.05) is 23.5 Å². The minimum Gasteiger partial charge on any atom is -0.302 e. The molecule has 1 aliphatic rings. The Balaban J connectivity index is 1.84. The number of amides is 1. The van der Waals surface area contributed by atoms with E-state index in [4.69, 9.17) is 0 Å². The monoisotopic (exact) mass is 374 g/mol. The third kappa shape index (κ3) is 2.08. The van der Waals surface area contributed by atoms with Gasteiger partial charge in [0.2, 0.25) is 5.91 Å². The van der Waals surface area contributed by atoms with E-state index >= 15 is 0 Å². The summed E-state index contributed by atoms with van der Waals surface area (Å²) in [4.78, 5) is 16.8. The predicted octanol–water partition coefficient (Wildman–Crippen LogP) is 3.62. The van der Waals surface area contributed by atoms with Crippen LogP contribution < -0.4 is 5.32 Å². The maximum atomic E-state index is 11.2. The maximum absolute atomic E-state index is 11.2. The fourth-order valence-corrected chi connectivity index (χ4v) is 4.15. The number of carbonyl (C=O) groups is 1. The lowest BCUT2D eigenvalue weighted by atomic mass is 10.2. The summed E-state index contributed by atoms with van der Waals surface area (Å²) < 4.78 is 2.92. The molecule has 0 fully saturated rings. The number of aromatic nitrogens is 3. The molecule has 0 saturated heterocycles.